The molecule has 1 aliphatic heterocycles. The lowest BCUT2D eigenvalue weighted by atomic mass is 10.3. The number of para-hydroxylation sites is 1. The molecule has 9 heteroatoms. The van der Waals surface area contributed by atoms with Gasteiger partial charge in [0.05, 0.1) is 11.8 Å². The summed E-state index contributed by atoms with van der Waals surface area (Å²) in [6.07, 6.45) is 2.37. The van der Waals surface area contributed by atoms with Crippen molar-refractivity contribution in [1.82, 2.24) is 19.7 Å². The van der Waals surface area contributed by atoms with E-state index >= 15 is 0 Å². The van der Waals surface area contributed by atoms with Crippen molar-refractivity contribution in [2.45, 2.75) is 36.7 Å². The summed E-state index contributed by atoms with van der Waals surface area (Å²) in [6.45, 7) is 4.51. The SMILES string of the molecule is CC(Sc1nnc(CN2CCCC2)n1-c1ccccc1)C(=O)Nc1ccc(F)c(F)c1. The first-order valence-corrected chi connectivity index (χ1v) is 11.0. The van der Waals surface area contributed by atoms with Crippen LogP contribution in [0.1, 0.15) is 25.6 Å². The van der Waals surface area contributed by atoms with Gasteiger partial charge in [-0.1, -0.05) is 30.0 Å². The molecule has 1 atom stereocenters. The van der Waals surface area contributed by atoms with Gasteiger partial charge in [0.2, 0.25) is 5.91 Å². The summed E-state index contributed by atoms with van der Waals surface area (Å²) < 4.78 is 28.5. The largest absolute Gasteiger partial charge is 0.325 e. The van der Waals surface area contributed by atoms with Crippen LogP contribution >= 0.6 is 11.8 Å². The predicted molar refractivity (Wildman–Crippen MR) is 116 cm³/mol. The van der Waals surface area contributed by atoms with E-state index in [1.807, 2.05) is 34.9 Å². The molecule has 2 aromatic carbocycles. The Morgan fingerprint density at radius 1 is 1.10 bits per heavy atom. The van der Waals surface area contributed by atoms with Gasteiger partial charge in [0.1, 0.15) is 0 Å². The summed E-state index contributed by atoms with van der Waals surface area (Å²) in [4.78, 5) is 15.0. The van der Waals surface area contributed by atoms with E-state index in [0.29, 0.717) is 11.7 Å². The normalized spacial score (nSPS) is 15.2. The Hall–Kier alpha value is -2.78. The summed E-state index contributed by atoms with van der Waals surface area (Å²) in [7, 11) is 0. The van der Waals surface area contributed by atoms with E-state index in [0.717, 1.165) is 36.7 Å². The molecule has 0 radical (unpaired) electrons. The van der Waals surface area contributed by atoms with E-state index in [-0.39, 0.29) is 11.6 Å². The molecule has 1 aromatic heterocycles. The first kappa shape index (κ1) is 21.5. The van der Waals surface area contributed by atoms with Crippen molar-refractivity contribution in [3.05, 3.63) is 66.0 Å². The van der Waals surface area contributed by atoms with Crippen LogP contribution in [0, 0.1) is 11.6 Å². The molecule has 1 fully saturated rings. The molecule has 0 saturated carbocycles. The second kappa shape index (κ2) is 9.57. The van der Waals surface area contributed by atoms with Crippen LogP contribution in [0.4, 0.5) is 14.5 Å². The summed E-state index contributed by atoms with van der Waals surface area (Å²) >= 11 is 1.27. The highest BCUT2D eigenvalue weighted by Crippen LogP contribution is 2.27. The number of carbonyl (C=O) groups is 1. The van der Waals surface area contributed by atoms with Crippen molar-refractivity contribution in [1.29, 1.82) is 0 Å². The zero-order valence-electron chi connectivity index (χ0n) is 17.1. The van der Waals surface area contributed by atoms with Gasteiger partial charge in [-0.2, -0.15) is 0 Å². The summed E-state index contributed by atoms with van der Waals surface area (Å²) in [6, 6.07) is 13.1. The first-order valence-electron chi connectivity index (χ1n) is 10.2. The Balaban J connectivity index is 1.53. The van der Waals surface area contributed by atoms with E-state index in [9.17, 15) is 13.6 Å². The van der Waals surface area contributed by atoms with Crippen LogP contribution in [0.15, 0.2) is 53.7 Å². The van der Waals surface area contributed by atoms with Crippen LogP contribution in [0.2, 0.25) is 0 Å². The van der Waals surface area contributed by atoms with E-state index in [1.54, 1.807) is 6.92 Å². The number of likely N-dealkylation sites (tertiary alicyclic amines) is 1. The molecule has 1 N–H and O–H groups in total. The number of hydrogen-bond acceptors (Lipinski definition) is 5. The maximum Gasteiger partial charge on any atom is 0.237 e. The van der Waals surface area contributed by atoms with Crippen molar-refractivity contribution in [2.24, 2.45) is 0 Å². The van der Waals surface area contributed by atoms with Crippen LogP contribution in [0.3, 0.4) is 0 Å². The molecule has 3 aromatic rings. The highest BCUT2D eigenvalue weighted by atomic mass is 32.2. The third-order valence-electron chi connectivity index (χ3n) is 5.12. The number of nitrogens with zero attached hydrogens (tertiary/aromatic N) is 4. The number of aromatic nitrogens is 3. The molecule has 31 heavy (non-hydrogen) atoms. The summed E-state index contributed by atoms with van der Waals surface area (Å²) in [5, 5.41) is 11.4. The standard InChI is InChI=1S/C22H23F2N5OS/c1-15(21(30)25-16-9-10-18(23)19(24)13-16)31-22-27-26-20(14-28-11-5-6-12-28)29(22)17-7-3-2-4-8-17/h2-4,7-10,13,15H,5-6,11-12,14H2,1H3,(H,25,30). The number of nitrogens with one attached hydrogen (secondary N) is 1. The number of rotatable bonds is 7. The van der Waals surface area contributed by atoms with Crippen LogP contribution in [0.5, 0.6) is 0 Å². The molecule has 6 nitrogen and oxygen atoms in total. The van der Waals surface area contributed by atoms with Gasteiger partial charge < -0.3 is 5.32 Å². The van der Waals surface area contributed by atoms with Crippen LogP contribution in [-0.4, -0.2) is 43.9 Å². The fourth-order valence-corrected chi connectivity index (χ4v) is 4.37. The predicted octanol–water partition coefficient (Wildman–Crippen LogP) is 4.26. The minimum absolute atomic E-state index is 0.204. The number of benzene rings is 2. The average molecular weight is 444 g/mol. The minimum atomic E-state index is -1.01. The Morgan fingerprint density at radius 3 is 2.55 bits per heavy atom. The number of thioether (sulfide) groups is 1. The molecule has 0 aliphatic carbocycles. The van der Waals surface area contributed by atoms with Crippen molar-refractivity contribution in [2.75, 3.05) is 18.4 Å². The fourth-order valence-electron chi connectivity index (χ4n) is 3.49. The molecular weight excluding hydrogens is 420 g/mol. The molecule has 0 spiro atoms. The molecule has 162 valence electrons. The second-order valence-corrected chi connectivity index (χ2v) is 8.74. The van der Waals surface area contributed by atoms with E-state index in [2.05, 4.69) is 20.4 Å². The molecule has 1 unspecified atom stereocenters. The zero-order valence-corrected chi connectivity index (χ0v) is 17.9. The zero-order chi connectivity index (χ0) is 21.8. The van der Waals surface area contributed by atoms with E-state index in [1.165, 1.54) is 30.7 Å². The van der Waals surface area contributed by atoms with Crippen LogP contribution in [-0.2, 0) is 11.3 Å². The molecule has 1 amide bonds. The lowest BCUT2D eigenvalue weighted by molar-refractivity contribution is -0.115. The third kappa shape index (κ3) is 5.11. The summed E-state index contributed by atoms with van der Waals surface area (Å²) in [5.74, 6) is -1.47. The van der Waals surface area contributed by atoms with Crippen LogP contribution < -0.4 is 5.32 Å². The molecular formula is C22H23F2N5OS. The van der Waals surface area contributed by atoms with Gasteiger partial charge >= 0.3 is 0 Å². The fraction of sp³-hybridized carbons (Fsp3) is 0.318. The first-order chi connectivity index (χ1) is 15.0. The molecule has 4 rings (SSSR count). The van der Waals surface area contributed by atoms with Gasteiger partial charge in [-0.25, -0.2) is 8.78 Å². The van der Waals surface area contributed by atoms with Crippen molar-refractivity contribution in [3.63, 3.8) is 0 Å². The van der Waals surface area contributed by atoms with Gasteiger partial charge in [0, 0.05) is 17.4 Å². The van der Waals surface area contributed by atoms with E-state index in [4.69, 9.17) is 0 Å². The van der Waals surface area contributed by atoms with Crippen LogP contribution in [0.25, 0.3) is 5.69 Å². The van der Waals surface area contributed by atoms with Gasteiger partial charge in [-0.3, -0.25) is 14.3 Å². The maximum absolute atomic E-state index is 13.4. The number of amides is 1. The van der Waals surface area contributed by atoms with Crippen molar-refractivity contribution >= 4 is 23.4 Å². The van der Waals surface area contributed by atoms with Gasteiger partial charge in [0.15, 0.2) is 22.6 Å². The number of halogens is 2. The molecule has 1 saturated heterocycles. The maximum atomic E-state index is 13.4. The number of hydrogen-bond donors (Lipinski definition) is 1. The Bertz CT molecular complexity index is 1050. The number of anilines is 1. The lowest BCUT2D eigenvalue weighted by Crippen LogP contribution is -2.23. The summed E-state index contributed by atoms with van der Waals surface area (Å²) in [5.41, 5.74) is 1.13. The average Bonchev–Trinajstić information content (AvgIpc) is 3.42. The molecule has 1 aliphatic rings. The molecule has 2 heterocycles. The van der Waals surface area contributed by atoms with Crippen molar-refractivity contribution in [3.8, 4) is 5.69 Å². The van der Waals surface area contributed by atoms with Gasteiger partial charge in [-0.15, -0.1) is 10.2 Å². The highest BCUT2D eigenvalue weighted by Gasteiger charge is 2.23. The van der Waals surface area contributed by atoms with E-state index < -0.39 is 16.9 Å². The minimum Gasteiger partial charge on any atom is -0.325 e. The lowest BCUT2D eigenvalue weighted by Gasteiger charge is -2.17. The van der Waals surface area contributed by atoms with Crippen molar-refractivity contribution < 1.29 is 13.6 Å². The Labute approximate surface area is 183 Å². The topological polar surface area (TPSA) is 63.1 Å². The molecule has 0 bridgehead atoms. The smallest absolute Gasteiger partial charge is 0.237 e. The highest BCUT2D eigenvalue weighted by molar-refractivity contribution is 8.00. The monoisotopic (exact) mass is 443 g/mol. The number of carbonyl (C=O) groups excluding carboxylic acids is 1. The Morgan fingerprint density at radius 2 is 1.84 bits per heavy atom. The quantitative estimate of drug-likeness (QED) is 0.553. The third-order valence-corrected chi connectivity index (χ3v) is 6.16. The van der Waals surface area contributed by atoms with Gasteiger partial charge in [-0.05, 0) is 57.1 Å². The second-order valence-electron chi connectivity index (χ2n) is 7.43. The van der Waals surface area contributed by atoms with Gasteiger partial charge in [0.25, 0.3) is 0 Å². The Kier molecular flexibility index (Phi) is 6.62.